The van der Waals surface area contributed by atoms with Crippen molar-refractivity contribution in [1.82, 2.24) is 5.32 Å². The molecule has 0 bridgehead atoms. The number of aliphatic carboxylic acids is 1. The fourth-order valence-corrected chi connectivity index (χ4v) is 2.78. The van der Waals surface area contributed by atoms with Gasteiger partial charge in [-0.25, -0.2) is 4.79 Å². The zero-order valence-corrected chi connectivity index (χ0v) is 16.4. The molecule has 2 aromatic rings. The third kappa shape index (κ3) is 7.04. The number of carboxylic acids is 1. The van der Waals surface area contributed by atoms with Gasteiger partial charge in [-0.05, 0) is 43.9 Å². The predicted molar refractivity (Wildman–Crippen MR) is 107 cm³/mol. The monoisotopic (exact) mass is 385 g/mol. The molecule has 0 aliphatic rings. The molecular weight excluding hydrogens is 358 g/mol. The minimum Gasteiger partial charge on any atom is -0.481 e. The van der Waals surface area contributed by atoms with Gasteiger partial charge in [-0.15, -0.1) is 0 Å². The molecule has 0 spiro atoms. The summed E-state index contributed by atoms with van der Waals surface area (Å²) in [6, 6.07) is 16.8. The van der Waals surface area contributed by atoms with E-state index in [1.807, 2.05) is 54.6 Å². The van der Waals surface area contributed by atoms with Crippen molar-refractivity contribution in [2.75, 3.05) is 0 Å². The van der Waals surface area contributed by atoms with Gasteiger partial charge in [0.1, 0.15) is 5.60 Å². The molecule has 2 atom stereocenters. The summed E-state index contributed by atoms with van der Waals surface area (Å²) in [6.45, 7) is 5.20. The maximum atomic E-state index is 12.1. The minimum absolute atomic E-state index is 0.281. The van der Waals surface area contributed by atoms with E-state index in [4.69, 9.17) is 9.84 Å². The SMILES string of the molecule is CC(C)(C)OC(=O)N[C@@H](Cc1ccc(-c2ccccc2)cc1)[C@@H](O)CC(=O)O. The second-order valence-corrected chi connectivity index (χ2v) is 7.69. The smallest absolute Gasteiger partial charge is 0.407 e. The zero-order valence-electron chi connectivity index (χ0n) is 16.4. The third-order valence-electron chi connectivity index (χ3n) is 4.07. The van der Waals surface area contributed by atoms with Crippen molar-refractivity contribution >= 4 is 12.1 Å². The number of carbonyl (C=O) groups is 2. The standard InChI is InChI=1S/C22H27NO5/c1-22(2,3)28-21(27)23-18(19(24)14-20(25)26)13-15-9-11-17(12-10-15)16-7-5-4-6-8-16/h4-12,18-19,24H,13-14H2,1-3H3,(H,23,27)(H,25,26)/t18-,19-/m0/s1. The number of amides is 1. The topological polar surface area (TPSA) is 95.9 Å². The molecule has 6 heteroatoms. The van der Waals surface area contributed by atoms with E-state index in [9.17, 15) is 14.7 Å². The molecule has 0 unspecified atom stereocenters. The van der Waals surface area contributed by atoms with Crippen LogP contribution in [0.4, 0.5) is 4.79 Å². The van der Waals surface area contributed by atoms with Gasteiger partial charge in [0.15, 0.2) is 0 Å². The first-order chi connectivity index (χ1) is 13.1. The van der Waals surface area contributed by atoms with E-state index in [0.717, 1.165) is 16.7 Å². The van der Waals surface area contributed by atoms with Crippen LogP contribution in [-0.2, 0) is 16.0 Å². The van der Waals surface area contributed by atoms with E-state index in [0.29, 0.717) is 0 Å². The Kier molecular flexibility index (Phi) is 7.18. The highest BCUT2D eigenvalue weighted by molar-refractivity contribution is 5.70. The fraction of sp³-hybridized carbons (Fsp3) is 0.364. The summed E-state index contributed by atoms with van der Waals surface area (Å²) in [7, 11) is 0. The van der Waals surface area contributed by atoms with Crippen LogP contribution in [0.2, 0.25) is 0 Å². The van der Waals surface area contributed by atoms with Crippen molar-refractivity contribution in [3.05, 3.63) is 60.2 Å². The van der Waals surface area contributed by atoms with Gasteiger partial charge < -0.3 is 20.3 Å². The fourth-order valence-electron chi connectivity index (χ4n) is 2.78. The summed E-state index contributed by atoms with van der Waals surface area (Å²) in [5, 5.41) is 21.8. The van der Waals surface area contributed by atoms with Gasteiger partial charge in [0.05, 0.1) is 18.6 Å². The van der Waals surface area contributed by atoms with Gasteiger partial charge >= 0.3 is 12.1 Å². The lowest BCUT2D eigenvalue weighted by atomic mass is 9.97. The number of alkyl carbamates (subject to hydrolysis) is 1. The van der Waals surface area contributed by atoms with Crippen LogP contribution in [0.15, 0.2) is 54.6 Å². The van der Waals surface area contributed by atoms with Gasteiger partial charge in [-0.3, -0.25) is 4.79 Å². The van der Waals surface area contributed by atoms with Gasteiger partial charge in [0, 0.05) is 0 Å². The number of hydrogen-bond donors (Lipinski definition) is 3. The maximum absolute atomic E-state index is 12.1. The molecule has 28 heavy (non-hydrogen) atoms. The van der Waals surface area contributed by atoms with E-state index in [-0.39, 0.29) is 6.42 Å². The maximum Gasteiger partial charge on any atom is 0.407 e. The summed E-state index contributed by atoms with van der Waals surface area (Å²) in [6.07, 6.45) is -2.12. The summed E-state index contributed by atoms with van der Waals surface area (Å²) in [5.41, 5.74) is 2.31. The Balaban J connectivity index is 2.12. The molecule has 3 N–H and O–H groups in total. The van der Waals surface area contributed by atoms with Crippen molar-refractivity contribution in [3.63, 3.8) is 0 Å². The summed E-state index contributed by atoms with van der Waals surface area (Å²) in [5.74, 6) is -1.14. The number of nitrogens with one attached hydrogen (secondary N) is 1. The molecule has 0 fully saturated rings. The van der Waals surface area contributed by atoms with Gasteiger partial charge in [0.2, 0.25) is 0 Å². The largest absolute Gasteiger partial charge is 0.481 e. The molecule has 0 saturated heterocycles. The van der Waals surface area contributed by atoms with Gasteiger partial charge in [-0.1, -0.05) is 54.6 Å². The number of aliphatic hydroxyl groups is 1. The van der Waals surface area contributed by atoms with Crippen molar-refractivity contribution in [2.45, 2.75) is 51.4 Å². The van der Waals surface area contributed by atoms with E-state index < -0.39 is 36.2 Å². The lowest BCUT2D eigenvalue weighted by Gasteiger charge is -2.26. The van der Waals surface area contributed by atoms with Crippen LogP contribution in [0.3, 0.4) is 0 Å². The van der Waals surface area contributed by atoms with Crippen molar-refractivity contribution in [3.8, 4) is 11.1 Å². The van der Waals surface area contributed by atoms with E-state index >= 15 is 0 Å². The average molecular weight is 385 g/mol. The lowest BCUT2D eigenvalue weighted by molar-refractivity contribution is -0.139. The molecule has 6 nitrogen and oxygen atoms in total. The van der Waals surface area contributed by atoms with Gasteiger partial charge in [-0.2, -0.15) is 0 Å². The highest BCUT2D eigenvalue weighted by Crippen LogP contribution is 2.20. The molecule has 0 aromatic heterocycles. The highest BCUT2D eigenvalue weighted by Gasteiger charge is 2.26. The second-order valence-electron chi connectivity index (χ2n) is 7.69. The van der Waals surface area contributed by atoms with E-state index in [1.54, 1.807) is 20.8 Å². The first-order valence-electron chi connectivity index (χ1n) is 9.18. The number of aliphatic hydroxyl groups excluding tert-OH is 1. The van der Waals surface area contributed by atoms with E-state index in [2.05, 4.69) is 5.32 Å². The van der Waals surface area contributed by atoms with Crippen LogP contribution in [-0.4, -0.2) is 40.0 Å². The number of benzene rings is 2. The highest BCUT2D eigenvalue weighted by atomic mass is 16.6. The molecular formula is C22H27NO5. The van der Waals surface area contributed by atoms with Crippen LogP contribution >= 0.6 is 0 Å². The Morgan fingerprint density at radius 1 is 1.00 bits per heavy atom. The molecule has 0 radical (unpaired) electrons. The predicted octanol–water partition coefficient (Wildman–Crippen LogP) is 3.63. The van der Waals surface area contributed by atoms with Crippen LogP contribution in [0.5, 0.6) is 0 Å². The molecule has 1 amide bonds. The Morgan fingerprint density at radius 3 is 2.11 bits per heavy atom. The van der Waals surface area contributed by atoms with Crippen molar-refractivity contribution in [2.24, 2.45) is 0 Å². The Labute approximate surface area is 165 Å². The summed E-state index contributed by atoms with van der Waals surface area (Å²) >= 11 is 0. The molecule has 0 heterocycles. The van der Waals surface area contributed by atoms with Crippen LogP contribution in [0, 0.1) is 0 Å². The molecule has 0 aliphatic carbocycles. The third-order valence-corrected chi connectivity index (χ3v) is 4.07. The molecule has 150 valence electrons. The summed E-state index contributed by atoms with van der Waals surface area (Å²) in [4.78, 5) is 23.1. The number of hydrogen-bond acceptors (Lipinski definition) is 4. The van der Waals surface area contributed by atoms with Crippen LogP contribution in [0.25, 0.3) is 11.1 Å². The Bertz CT molecular complexity index is 781. The van der Waals surface area contributed by atoms with Crippen molar-refractivity contribution in [1.29, 1.82) is 0 Å². The molecule has 2 rings (SSSR count). The Hall–Kier alpha value is -2.86. The quantitative estimate of drug-likeness (QED) is 0.676. The molecule has 0 aliphatic heterocycles. The van der Waals surface area contributed by atoms with Gasteiger partial charge in [0.25, 0.3) is 0 Å². The second kappa shape index (κ2) is 9.37. The molecule has 2 aromatic carbocycles. The normalized spacial score (nSPS) is 13.4. The minimum atomic E-state index is -1.24. The number of carboxylic acid groups (broad SMARTS) is 1. The Morgan fingerprint density at radius 2 is 1.57 bits per heavy atom. The molecule has 0 saturated carbocycles. The zero-order chi connectivity index (χ0) is 20.7. The first-order valence-corrected chi connectivity index (χ1v) is 9.18. The summed E-state index contributed by atoms with van der Waals surface area (Å²) < 4.78 is 5.23. The van der Waals surface area contributed by atoms with E-state index in [1.165, 1.54) is 0 Å². The average Bonchev–Trinajstić information content (AvgIpc) is 2.60. The van der Waals surface area contributed by atoms with Crippen LogP contribution in [0.1, 0.15) is 32.8 Å². The van der Waals surface area contributed by atoms with Crippen LogP contribution < -0.4 is 5.32 Å². The van der Waals surface area contributed by atoms with Crippen molar-refractivity contribution < 1.29 is 24.5 Å². The number of carbonyl (C=O) groups excluding carboxylic acids is 1. The number of ether oxygens (including phenoxy) is 1. The number of rotatable bonds is 7. The first kappa shape index (κ1) is 21.4. The lowest BCUT2D eigenvalue weighted by Crippen LogP contribution is -2.47.